The maximum absolute atomic E-state index is 12.5. The largest absolute Gasteiger partial charge is 0.573 e. The number of ether oxygens (including phenoxy) is 1. The first-order valence-corrected chi connectivity index (χ1v) is 6.46. The van der Waals surface area contributed by atoms with Crippen LogP contribution in [-0.2, 0) is 7.05 Å². The fourth-order valence-electron chi connectivity index (χ4n) is 2.10. The molecule has 0 bridgehead atoms. The van der Waals surface area contributed by atoms with Crippen LogP contribution in [0.2, 0.25) is 0 Å². The Morgan fingerprint density at radius 3 is 2.62 bits per heavy atom. The Hall–Kier alpha value is -2.02. The second-order valence-electron chi connectivity index (χ2n) is 4.54. The lowest BCUT2D eigenvalue weighted by Gasteiger charge is -2.20. The van der Waals surface area contributed by atoms with E-state index in [-0.39, 0.29) is 5.75 Å². The van der Waals surface area contributed by atoms with E-state index in [1.54, 1.807) is 36.3 Å². The Morgan fingerprint density at radius 1 is 1.33 bits per heavy atom. The van der Waals surface area contributed by atoms with Gasteiger partial charge in [-0.3, -0.25) is 0 Å². The molecule has 114 valence electrons. The van der Waals surface area contributed by atoms with Gasteiger partial charge in [-0.05, 0) is 12.6 Å². The Labute approximate surface area is 120 Å². The number of halogens is 3. The highest BCUT2D eigenvalue weighted by molar-refractivity contribution is 5.39. The standard InChI is InChI=1S/C14H16F3N3O/c1-3-18-13(11-8-20(2)9-19-11)10-6-4-5-7-12(10)21-14(15,16)17/h4-9,13,18H,3H2,1-2H3. The predicted octanol–water partition coefficient (Wildman–Crippen LogP) is 3.02. The summed E-state index contributed by atoms with van der Waals surface area (Å²) in [5.41, 5.74) is 1.04. The van der Waals surface area contributed by atoms with Crippen molar-refractivity contribution in [3.05, 3.63) is 48.0 Å². The molecule has 0 saturated heterocycles. The fraction of sp³-hybridized carbons (Fsp3) is 0.357. The fourth-order valence-corrected chi connectivity index (χ4v) is 2.10. The van der Waals surface area contributed by atoms with Gasteiger partial charge in [-0.25, -0.2) is 4.98 Å². The molecular weight excluding hydrogens is 283 g/mol. The van der Waals surface area contributed by atoms with Crippen molar-refractivity contribution in [3.8, 4) is 5.75 Å². The lowest BCUT2D eigenvalue weighted by atomic mass is 10.0. The normalized spacial score (nSPS) is 13.2. The molecule has 1 aromatic carbocycles. The Balaban J connectivity index is 2.41. The van der Waals surface area contributed by atoms with E-state index < -0.39 is 12.4 Å². The number of benzene rings is 1. The summed E-state index contributed by atoms with van der Waals surface area (Å²) in [4.78, 5) is 4.21. The highest BCUT2D eigenvalue weighted by atomic mass is 19.4. The lowest BCUT2D eigenvalue weighted by molar-refractivity contribution is -0.275. The summed E-state index contributed by atoms with van der Waals surface area (Å²) in [7, 11) is 1.80. The molecule has 2 rings (SSSR count). The highest BCUT2D eigenvalue weighted by Gasteiger charge is 2.33. The average molecular weight is 299 g/mol. The van der Waals surface area contributed by atoms with E-state index in [0.717, 1.165) is 0 Å². The minimum atomic E-state index is -4.73. The molecule has 0 saturated carbocycles. The van der Waals surface area contributed by atoms with Crippen molar-refractivity contribution in [2.45, 2.75) is 19.3 Å². The summed E-state index contributed by atoms with van der Waals surface area (Å²) in [5.74, 6) is -0.221. The zero-order valence-electron chi connectivity index (χ0n) is 11.7. The van der Waals surface area contributed by atoms with Crippen molar-refractivity contribution in [1.29, 1.82) is 0 Å². The molecular formula is C14H16F3N3O. The number of para-hydroxylation sites is 1. The third-order valence-corrected chi connectivity index (χ3v) is 2.88. The maximum atomic E-state index is 12.5. The topological polar surface area (TPSA) is 39.1 Å². The molecule has 0 aliphatic rings. The number of aryl methyl sites for hydroxylation is 1. The lowest BCUT2D eigenvalue weighted by Crippen LogP contribution is -2.25. The molecule has 1 heterocycles. The van der Waals surface area contributed by atoms with Gasteiger partial charge in [0.1, 0.15) is 5.75 Å². The molecule has 1 N–H and O–H groups in total. The Morgan fingerprint density at radius 2 is 2.05 bits per heavy atom. The summed E-state index contributed by atoms with van der Waals surface area (Å²) in [5, 5.41) is 3.13. The van der Waals surface area contributed by atoms with E-state index in [9.17, 15) is 13.2 Å². The third kappa shape index (κ3) is 3.98. The van der Waals surface area contributed by atoms with Crippen LogP contribution in [0.4, 0.5) is 13.2 Å². The van der Waals surface area contributed by atoms with Gasteiger partial charge in [0.25, 0.3) is 0 Å². The SMILES string of the molecule is CCNC(c1cn(C)cn1)c1ccccc1OC(F)(F)F. The van der Waals surface area contributed by atoms with Crippen molar-refractivity contribution in [2.24, 2.45) is 7.05 Å². The van der Waals surface area contributed by atoms with Crippen LogP contribution in [0.1, 0.15) is 24.2 Å². The van der Waals surface area contributed by atoms with Crippen LogP contribution in [-0.4, -0.2) is 22.5 Å². The van der Waals surface area contributed by atoms with Crippen molar-refractivity contribution >= 4 is 0 Å². The highest BCUT2D eigenvalue weighted by Crippen LogP contribution is 2.32. The quantitative estimate of drug-likeness (QED) is 0.922. The van der Waals surface area contributed by atoms with Crippen LogP contribution in [0.3, 0.4) is 0 Å². The Kier molecular flexibility index (Phi) is 4.52. The minimum Gasteiger partial charge on any atom is -0.405 e. The number of alkyl halides is 3. The van der Waals surface area contributed by atoms with Gasteiger partial charge in [0, 0.05) is 18.8 Å². The van der Waals surface area contributed by atoms with E-state index in [2.05, 4.69) is 15.0 Å². The third-order valence-electron chi connectivity index (χ3n) is 2.88. The number of rotatable bonds is 5. The first-order valence-electron chi connectivity index (χ1n) is 6.46. The van der Waals surface area contributed by atoms with E-state index >= 15 is 0 Å². The smallest absolute Gasteiger partial charge is 0.405 e. The van der Waals surface area contributed by atoms with Crippen LogP contribution in [0.25, 0.3) is 0 Å². The zero-order chi connectivity index (χ0) is 15.5. The monoisotopic (exact) mass is 299 g/mol. The van der Waals surface area contributed by atoms with Gasteiger partial charge in [-0.1, -0.05) is 25.1 Å². The second-order valence-corrected chi connectivity index (χ2v) is 4.54. The summed E-state index contributed by atoms with van der Waals surface area (Å²) >= 11 is 0. The summed E-state index contributed by atoms with van der Waals surface area (Å²) < 4.78 is 43.4. The average Bonchev–Trinajstić information content (AvgIpc) is 2.82. The molecule has 0 radical (unpaired) electrons. The molecule has 0 amide bonds. The first kappa shape index (κ1) is 15.4. The van der Waals surface area contributed by atoms with Gasteiger partial charge < -0.3 is 14.6 Å². The van der Waals surface area contributed by atoms with Crippen LogP contribution in [0.5, 0.6) is 5.75 Å². The number of hydrogen-bond acceptors (Lipinski definition) is 3. The minimum absolute atomic E-state index is 0.221. The number of hydrogen-bond donors (Lipinski definition) is 1. The second kappa shape index (κ2) is 6.17. The molecule has 7 heteroatoms. The van der Waals surface area contributed by atoms with Gasteiger partial charge >= 0.3 is 6.36 Å². The molecule has 21 heavy (non-hydrogen) atoms. The maximum Gasteiger partial charge on any atom is 0.573 e. The predicted molar refractivity (Wildman–Crippen MR) is 71.9 cm³/mol. The molecule has 0 aliphatic heterocycles. The van der Waals surface area contributed by atoms with Crippen LogP contribution < -0.4 is 10.1 Å². The van der Waals surface area contributed by atoms with Crippen molar-refractivity contribution < 1.29 is 17.9 Å². The molecule has 1 aromatic heterocycles. The molecule has 0 fully saturated rings. The summed E-state index contributed by atoms with van der Waals surface area (Å²) in [6.45, 7) is 2.46. The van der Waals surface area contributed by atoms with Crippen LogP contribution in [0.15, 0.2) is 36.8 Å². The molecule has 0 aliphatic carbocycles. The molecule has 2 aromatic rings. The van der Waals surface area contributed by atoms with Gasteiger partial charge in [-0.15, -0.1) is 13.2 Å². The zero-order valence-corrected chi connectivity index (χ0v) is 11.7. The van der Waals surface area contributed by atoms with E-state index in [1.807, 2.05) is 6.92 Å². The molecule has 1 unspecified atom stereocenters. The van der Waals surface area contributed by atoms with E-state index in [1.165, 1.54) is 12.1 Å². The number of imidazole rings is 1. The summed E-state index contributed by atoms with van der Waals surface area (Å²) in [6.07, 6.45) is -1.36. The van der Waals surface area contributed by atoms with Gasteiger partial charge in [0.2, 0.25) is 0 Å². The van der Waals surface area contributed by atoms with Crippen LogP contribution in [0, 0.1) is 0 Å². The van der Waals surface area contributed by atoms with Gasteiger partial charge in [-0.2, -0.15) is 0 Å². The van der Waals surface area contributed by atoms with Crippen LogP contribution >= 0.6 is 0 Å². The number of nitrogens with zero attached hydrogens (tertiary/aromatic N) is 2. The van der Waals surface area contributed by atoms with Gasteiger partial charge in [0.15, 0.2) is 0 Å². The molecule has 4 nitrogen and oxygen atoms in total. The Bertz CT molecular complexity index is 595. The van der Waals surface area contributed by atoms with E-state index in [0.29, 0.717) is 17.8 Å². The molecule has 1 atom stereocenters. The number of nitrogens with one attached hydrogen (secondary N) is 1. The van der Waals surface area contributed by atoms with Gasteiger partial charge in [0.05, 0.1) is 18.1 Å². The van der Waals surface area contributed by atoms with Crippen molar-refractivity contribution in [3.63, 3.8) is 0 Å². The molecule has 0 spiro atoms. The summed E-state index contributed by atoms with van der Waals surface area (Å²) in [6, 6.07) is 5.62. The first-order chi connectivity index (χ1) is 9.90. The van der Waals surface area contributed by atoms with E-state index in [4.69, 9.17) is 0 Å². The van der Waals surface area contributed by atoms with Crippen molar-refractivity contribution in [2.75, 3.05) is 6.54 Å². The number of aromatic nitrogens is 2. The van der Waals surface area contributed by atoms with Crippen molar-refractivity contribution in [1.82, 2.24) is 14.9 Å².